The third-order valence-electron chi connectivity index (χ3n) is 3.18. The van der Waals surface area contributed by atoms with E-state index in [9.17, 15) is 13.2 Å². The van der Waals surface area contributed by atoms with E-state index in [0.717, 1.165) is 19.3 Å². The minimum absolute atomic E-state index is 0.00282. The zero-order chi connectivity index (χ0) is 14.9. The molecule has 20 heavy (non-hydrogen) atoms. The normalized spacial score (nSPS) is 16.2. The van der Waals surface area contributed by atoms with Crippen molar-refractivity contribution in [1.82, 2.24) is 4.90 Å². The van der Waals surface area contributed by atoms with E-state index in [4.69, 9.17) is 33.9 Å². The molecule has 1 aromatic rings. The molecule has 1 saturated heterocycles. The van der Waals surface area contributed by atoms with E-state index in [1.807, 2.05) is 0 Å². The van der Waals surface area contributed by atoms with Crippen LogP contribution in [-0.4, -0.2) is 32.3 Å². The lowest BCUT2D eigenvalue weighted by molar-refractivity contribution is 0.0724. The lowest BCUT2D eigenvalue weighted by atomic mass is 10.1. The Morgan fingerprint density at radius 1 is 1.10 bits per heavy atom. The number of rotatable bonds is 2. The van der Waals surface area contributed by atoms with E-state index in [-0.39, 0.29) is 26.4 Å². The minimum atomic E-state index is -4.03. The van der Waals surface area contributed by atoms with Crippen LogP contribution in [0.25, 0.3) is 0 Å². The molecule has 1 aliphatic heterocycles. The molecule has 0 atom stereocenters. The Labute approximate surface area is 132 Å². The van der Waals surface area contributed by atoms with Gasteiger partial charge in [-0.2, -0.15) is 0 Å². The highest BCUT2D eigenvalue weighted by molar-refractivity contribution is 8.13. The molecular weight excluding hydrogens is 345 g/mol. The van der Waals surface area contributed by atoms with Crippen LogP contribution >= 0.6 is 33.9 Å². The first-order valence-corrected chi connectivity index (χ1v) is 9.11. The van der Waals surface area contributed by atoms with Gasteiger partial charge >= 0.3 is 0 Å². The molecule has 0 bridgehead atoms. The Hall–Kier alpha value is -0.490. The summed E-state index contributed by atoms with van der Waals surface area (Å²) in [6.45, 7) is 1.23. The van der Waals surface area contributed by atoms with Gasteiger partial charge in [-0.25, -0.2) is 8.42 Å². The number of benzene rings is 1. The maximum absolute atomic E-state index is 12.4. The average molecular weight is 357 g/mol. The van der Waals surface area contributed by atoms with Gasteiger partial charge in [0, 0.05) is 23.8 Å². The molecule has 0 unspecified atom stereocenters. The zero-order valence-electron chi connectivity index (χ0n) is 10.4. The Morgan fingerprint density at radius 2 is 1.70 bits per heavy atom. The Balaban J connectivity index is 2.47. The van der Waals surface area contributed by atoms with Crippen LogP contribution in [0.2, 0.25) is 10.0 Å². The number of hydrogen-bond acceptors (Lipinski definition) is 3. The van der Waals surface area contributed by atoms with E-state index in [2.05, 4.69) is 0 Å². The van der Waals surface area contributed by atoms with Crippen LogP contribution in [0.15, 0.2) is 17.0 Å². The van der Waals surface area contributed by atoms with Crippen LogP contribution in [0.3, 0.4) is 0 Å². The standard InChI is InChI=1S/C12H12Cl3NO3S/c13-8-4-5-9(20(15,18)19)11(14)10(8)12(17)16-6-2-1-3-7-16/h4-5H,1-3,6-7H2. The van der Waals surface area contributed by atoms with Crippen molar-refractivity contribution in [1.29, 1.82) is 0 Å². The van der Waals surface area contributed by atoms with Crippen molar-refractivity contribution in [3.8, 4) is 0 Å². The average Bonchev–Trinajstić information content (AvgIpc) is 2.38. The number of nitrogens with zero attached hydrogens (tertiary/aromatic N) is 1. The summed E-state index contributed by atoms with van der Waals surface area (Å²) in [6, 6.07) is 2.51. The highest BCUT2D eigenvalue weighted by atomic mass is 35.7. The second kappa shape index (κ2) is 6.10. The van der Waals surface area contributed by atoms with Crippen LogP contribution in [0.5, 0.6) is 0 Å². The van der Waals surface area contributed by atoms with E-state index >= 15 is 0 Å². The first-order valence-electron chi connectivity index (χ1n) is 6.04. The molecule has 0 N–H and O–H groups in total. The molecule has 110 valence electrons. The summed E-state index contributed by atoms with van der Waals surface area (Å²) in [5, 5.41) is -0.0993. The maximum atomic E-state index is 12.4. The number of amides is 1. The molecule has 0 aliphatic carbocycles. The largest absolute Gasteiger partial charge is 0.339 e. The van der Waals surface area contributed by atoms with Gasteiger partial charge in [0.15, 0.2) is 0 Å². The second-order valence-electron chi connectivity index (χ2n) is 4.53. The van der Waals surface area contributed by atoms with E-state index < -0.39 is 9.05 Å². The predicted molar refractivity (Wildman–Crippen MR) is 79.3 cm³/mol. The Kier molecular flexibility index (Phi) is 4.84. The molecule has 2 rings (SSSR count). The summed E-state index contributed by atoms with van der Waals surface area (Å²) in [5.41, 5.74) is -0.00282. The van der Waals surface area contributed by atoms with Crippen molar-refractivity contribution in [3.63, 3.8) is 0 Å². The molecule has 0 saturated carbocycles. The summed E-state index contributed by atoms with van der Waals surface area (Å²) >= 11 is 12.0. The lowest BCUT2D eigenvalue weighted by Crippen LogP contribution is -2.36. The SMILES string of the molecule is O=C(c1c(Cl)ccc(S(=O)(=O)Cl)c1Cl)N1CCCCC1. The fraction of sp³-hybridized carbons (Fsp3) is 0.417. The Bertz CT molecular complexity index is 640. The minimum Gasteiger partial charge on any atom is -0.339 e. The van der Waals surface area contributed by atoms with Crippen molar-refractivity contribution in [2.24, 2.45) is 0 Å². The van der Waals surface area contributed by atoms with Gasteiger partial charge in [0.05, 0.1) is 15.6 Å². The molecule has 1 heterocycles. The fourth-order valence-electron chi connectivity index (χ4n) is 2.17. The molecule has 1 aromatic carbocycles. The van der Waals surface area contributed by atoms with Crippen molar-refractivity contribution >= 4 is 48.8 Å². The summed E-state index contributed by atoms with van der Waals surface area (Å²) in [5.74, 6) is -0.359. The summed E-state index contributed by atoms with van der Waals surface area (Å²) in [7, 11) is 1.27. The summed E-state index contributed by atoms with van der Waals surface area (Å²) < 4.78 is 22.9. The van der Waals surface area contributed by atoms with Gasteiger partial charge in [-0.15, -0.1) is 0 Å². The van der Waals surface area contributed by atoms with Gasteiger partial charge in [-0.3, -0.25) is 4.79 Å². The van der Waals surface area contributed by atoms with Crippen molar-refractivity contribution in [2.45, 2.75) is 24.2 Å². The number of halogens is 3. The van der Waals surface area contributed by atoms with Gasteiger partial charge in [-0.05, 0) is 31.4 Å². The van der Waals surface area contributed by atoms with Crippen LogP contribution in [0.4, 0.5) is 0 Å². The molecule has 0 aromatic heterocycles. The van der Waals surface area contributed by atoms with E-state index in [0.29, 0.717) is 13.1 Å². The smallest absolute Gasteiger partial charge is 0.262 e. The van der Waals surface area contributed by atoms with Crippen LogP contribution in [-0.2, 0) is 9.05 Å². The molecule has 1 aliphatic rings. The third-order valence-corrected chi connectivity index (χ3v) is 5.36. The number of hydrogen-bond donors (Lipinski definition) is 0. The quantitative estimate of drug-likeness (QED) is 0.762. The van der Waals surface area contributed by atoms with Crippen molar-refractivity contribution < 1.29 is 13.2 Å². The van der Waals surface area contributed by atoms with Gasteiger partial charge in [0.1, 0.15) is 4.90 Å². The first kappa shape index (κ1) is 15.9. The second-order valence-corrected chi connectivity index (χ2v) is 7.84. The van der Waals surface area contributed by atoms with E-state index in [1.165, 1.54) is 12.1 Å². The van der Waals surface area contributed by atoms with Gasteiger partial charge in [0.2, 0.25) is 0 Å². The highest BCUT2D eigenvalue weighted by Gasteiger charge is 2.27. The highest BCUT2D eigenvalue weighted by Crippen LogP contribution is 2.34. The number of carbonyl (C=O) groups excluding carboxylic acids is 1. The maximum Gasteiger partial charge on any atom is 0.262 e. The van der Waals surface area contributed by atoms with Crippen molar-refractivity contribution in [2.75, 3.05) is 13.1 Å². The van der Waals surface area contributed by atoms with Crippen LogP contribution < -0.4 is 0 Å². The van der Waals surface area contributed by atoms with Crippen molar-refractivity contribution in [3.05, 3.63) is 27.7 Å². The molecule has 4 nitrogen and oxygen atoms in total. The van der Waals surface area contributed by atoms with Crippen LogP contribution in [0, 0.1) is 0 Å². The Morgan fingerprint density at radius 3 is 2.25 bits per heavy atom. The molecular formula is C12H12Cl3NO3S. The first-order chi connectivity index (χ1) is 9.32. The zero-order valence-corrected chi connectivity index (χ0v) is 13.5. The van der Waals surface area contributed by atoms with E-state index in [1.54, 1.807) is 4.90 Å². The summed E-state index contributed by atoms with van der Waals surface area (Å²) in [4.78, 5) is 13.8. The summed E-state index contributed by atoms with van der Waals surface area (Å²) in [6.07, 6.45) is 2.89. The topological polar surface area (TPSA) is 54.5 Å². The molecule has 1 fully saturated rings. The molecule has 1 amide bonds. The number of piperidine rings is 1. The lowest BCUT2D eigenvalue weighted by Gasteiger charge is -2.27. The number of likely N-dealkylation sites (tertiary alicyclic amines) is 1. The third kappa shape index (κ3) is 3.22. The molecule has 0 spiro atoms. The van der Waals surface area contributed by atoms with Crippen LogP contribution in [0.1, 0.15) is 29.6 Å². The number of carbonyl (C=O) groups is 1. The fourth-order valence-corrected chi connectivity index (χ4v) is 4.06. The monoisotopic (exact) mass is 355 g/mol. The van der Waals surface area contributed by atoms with Gasteiger partial charge < -0.3 is 4.90 Å². The molecule has 0 radical (unpaired) electrons. The molecule has 8 heteroatoms. The van der Waals surface area contributed by atoms with Gasteiger partial charge in [0.25, 0.3) is 15.0 Å². The predicted octanol–water partition coefficient (Wildman–Crippen LogP) is 3.55. The van der Waals surface area contributed by atoms with Gasteiger partial charge in [-0.1, -0.05) is 23.2 Å².